The second-order valence-electron chi connectivity index (χ2n) is 5.65. The van der Waals surface area contributed by atoms with Gasteiger partial charge in [-0.1, -0.05) is 42.5 Å². The fourth-order valence-corrected chi connectivity index (χ4v) is 2.62. The third-order valence-corrected chi connectivity index (χ3v) is 3.91. The fraction of sp³-hybridized carbons (Fsp3) is 0.167. The van der Waals surface area contributed by atoms with Crippen LogP contribution in [0.15, 0.2) is 61.0 Å². The zero-order valence-electron chi connectivity index (χ0n) is 12.5. The molecule has 1 aliphatic heterocycles. The van der Waals surface area contributed by atoms with Gasteiger partial charge < -0.3 is 10.2 Å². The predicted octanol–water partition coefficient (Wildman–Crippen LogP) is 2.97. The molecule has 0 saturated heterocycles. The monoisotopic (exact) mass is 307 g/mol. The Hall–Kier alpha value is -2.95. The maximum absolute atomic E-state index is 12.6. The van der Waals surface area contributed by atoms with Crippen LogP contribution in [0.4, 0.5) is 5.69 Å². The van der Waals surface area contributed by atoms with Crippen LogP contribution in [0.3, 0.4) is 0 Å². The third-order valence-electron chi connectivity index (χ3n) is 3.91. The summed E-state index contributed by atoms with van der Waals surface area (Å²) in [5, 5.41) is 4.56. The molecule has 4 rings (SSSR count). The van der Waals surface area contributed by atoms with Gasteiger partial charge in [0.15, 0.2) is 0 Å². The maximum Gasteiger partial charge on any atom is 0.253 e. The Morgan fingerprint density at radius 2 is 1.96 bits per heavy atom. The average molecular weight is 307 g/mol. The highest BCUT2D eigenvalue weighted by atomic mass is 16.7. The molecule has 0 radical (unpaired) electrons. The van der Waals surface area contributed by atoms with E-state index in [9.17, 15) is 4.79 Å². The minimum atomic E-state index is -0.0717. The number of hydrogen-bond donors (Lipinski definition) is 2. The Kier molecular flexibility index (Phi) is 3.38. The number of hydrazine groups is 1. The number of carbonyl (C=O) groups excluding carboxylic acids is 1. The highest BCUT2D eigenvalue weighted by molar-refractivity contribution is 6.03. The van der Waals surface area contributed by atoms with E-state index >= 15 is 0 Å². The molecule has 0 aromatic heterocycles. The van der Waals surface area contributed by atoms with E-state index in [0.29, 0.717) is 17.3 Å². The van der Waals surface area contributed by atoms with Crippen molar-refractivity contribution in [2.75, 3.05) is 5.17 Å². The van der Waals surface area contributed by atoms with Gasteiger partial charge >= 0.3 is 0 Å². The molecule has 1 aliphatic carbocycles. The summed E-state index contributed by atoms with van der Waals surface area (Å²) in [7, 11) is 0. The van der Waals surface area contributed by atoms with Gasteiger partial charge in [-0.05, 0) is 24.5 Å². The van der Waals surface area contributed by atoms with Crippen molar-refractivity contribution < 1.29 is 9.63 Å². The molecule has 0 spiro atoms. The fourth-order valence-electron chi connectivity index (χ4n) is 2.62. The summed E-state index contributed by atoms with van der Waals surface area (Å²) in [6, 6.07) is 16.0. The molecule has 1 amide bonds. The van der Waals surface area contributed by atoms with Gasteiger partial charge in [0.2, 0.25) is 0 Å². The van der Waals surface area contributed by atoms with Gasteiger partial charge in [-0.2, -0.15) is 0 Å². The first-order valence-electron chi connectivity index (χ1n) is 7.70. The molecule has 0 unspecified atom stereocenters. The van der Waals surface area contributed by atoms with E-state index in [2.05, 4.69) is 10.7 Å². The van der Waals surface area contributed by atoms with Gasteiger partial charge in [0.25, 0.3) is 5.91 Å². The number of benzene rings is 2. The summed E-state index contributed by atoms with van der Waals surface area (Å²) in [6.07, 6.45) is 5.34. The van der Waals surface area contributed by atoms with Gasteiger partial charge in [0.05, 0.1) is 11.8 Å². The minimum Gasteiger partial charge on any atom is -0.366 e. The molecule has 2 aliphatic rings. The molecule has 1 saturated carbocycles. The van der Waals surface area contributed by atoms with Crippen LogP contribution in [0.25, 0.3) is 11.1 Å². The summed E-state index contributed by atoms with van der Waals surface area (Å²) >= 11 is 0. The number of nitrogens with zero attached hydrogens (tertiary/aromatic N) is 1. The molecule has 5 heteroatoms. The zero-order chi connectivity index (χ0) is 15.6. The number of hydrogen-bond acceptors (Lipinski definition) is 4. The summed E-state index contributed by atoms with van der Waals surface area (Å²) in [6.45, 7) is 0. The molecule has 5 nitrogen and oxygen atoms in total. The van der Waals surface area contributed by atoms with Crippen molar-refractivity contribution in [3.8, 4) is 11.1 Å². The third kappa shape index (κ3) is 2.73. The Morgan fingerprint density at radius 1 is 1.13 bits per heavy atom. The van der Waals surface area contributed by atoms with Crippen molar-refractivity contribution in [3.63, 3.8) is 0 Å². The van der Waals surface area contributed by atoms with Crippen LogP contribution in [0.5, 0.6) is 0 Å². The Balaban J connectivity index is 1.80. The molecule has 116 valence electrons. The number of amides is 1. The van der Waals surface area contributed by atoms with Gasteiger partial charge in [-0.25, -0.2) is 0 Å². The summed E-state index contributed by atoms with van der Waals surface area (Å²) in [5.74, 6) is -0.0717. The quantitative estimate of drug-likeness (QED) is 0.912. The lowest BCUT2D eigenvalue weighted by Gasteiger charge is -2.23. The van der Waals surface area contributed by atoms with Crippen molar-refractivity contribution in [1.82, 2.24) is 10.7 Å². The average Bonchev–Trinajstić information content (AvgIpc) is 3.24. The second-order valence-corrected chi connectivity index (χ2v) is 5.65. The molecule has 2 N–H and O–H groups in total. The maximum atomic E-state index is 12.6. The normalized spacial score (nSPS) is 15.9. The molecular formula is C18H17N3O2. The highest BCUT2D eigenvalue weighted by Gasteiger charge is 2.28. The van der Waals surface area contributed by atoms with E-state index in [4.69, 9.17) is 4.84 Å². The highest BCUT2D eigenvalue weighted by Crippen LogP contribution is 2.35. The topological polar surface area (TPSA) is 53.6 Å². The predicted molar refractivity (Wildman–Crippen MR) is 88.2 cm³/mol. The lowest BCUT2D eigenvalue weighted by atomic mass is 9.99. The first kappa shape index (κ1) is 13.7. The van der Waals surface area contributed by atoms with Gasteiger partial charge in [0, 0.05) is 11.6 Å². The zero-order valence-corrected chi connectivity index (χ0v) is 12.5. The van der Waals surface area contributed by atoms with E-state index in [0.717, 1.165) is 24.0 Å². The molecule has 0 atom stereocenters. The van der Waals surface area contributed by atoms with E-state index in [1.165, 1.54) is 5.17 Å². The van der Waals surface area contributed by atoms with E-state index in [-0.39, 0.29) is 5.91 Å². The molecule has 2 aromatic carbocycles. The molecule has 0 bridgehead atoms. The van der Waals surface area contributed by atoms with Crippen LogP contribution < -0.4 is 15.9 Å². The number of para-hydroxylation sites is 1. The molecule has 2 aromatic rings. The SMILES string of the molecule is O=C(NC1CC1)c1cccc(-c2ccccc2)c1N1NC=CO1. The van der Waals surface area contributed by atoms with Gasteiger partial charge in [-0.15, -0.1) is 5.17 Å². The number of nitrogens with one attached hydrogen (secondary N) is 2. The Labute approximate surface area is 134 Å². The van der Waals surface area contributed by atoms with E-state index in [1.54, 1.807) is 12.5 Å². The van der Waals surface area contributed by atoms with Crippen molar-refractivity contribution >= 4 is 11.6 Å². The van der Waals surface area contributed by atoms with Crippen LogP contribution in [0, 0.1) is 0 Å². The van der Waals surface area contributed by atoms with Crippen molar-refractivity contribution in [2.24, 2.45) is 0 Å². The van der Waals surface area contributed by atoms with Crippen molar-refractivity contribution in [2.45, 2.75) is 18.9 Å². The van der Waals surface area contributed by atoms with E-state index in [1.807, 2.05) is 48.5 Å². The largest absolute Gasteiger partial charge is 0.366 e. The smallest absolute Gasteiger partial charge is 0.253 e. The molecular weight excluding hydrogens is 290 g/mol. The van der Waals surface area contributed by atoms with Gasteiger partial charge in [0.1, 0.15) is 11.9 Å². The second kappa shape index (κ2) is 5.68. The van der Waals surface area contributed by atoms with Crippen molar-refractivity contribution in [3.05, 3.63) is 66.6 Å². The van der Waals surface area contributed by atoms with Crippen LogP contribution in [0.1, 0.15) is 23.2 Å². The number of rotatable bonds is 4. The van der Waals surface area contributed by atoms with Crippen molar-refractivity contribution in [1.29, 1.82) is 0 Å². The van der Waals surface area contributed by atoms with Crippen LogP contribution in [-0.2, 0) is 4.84 Å². The van der Waals surface area contributed by atoms with Crippen LogP contribution in [0.2, 0.25) is 0 Å². The lowest BCUT2D eigenvalue weighted by Crippen LogP contribution is -2.33. The standard InChI is InChI=1S/C18H17N3O2/c22-18(20-14-9-10-14)16-8-4-7-15(13-5-2-1-3-6-13)17(16)21-19-11-12-23-21/h1-8,11-12,14,19H,9-10H2,(H,20,22). The lowest BCUT2D eigenvalue weighted by molar-refractivity contribution is 0.0949. The summed E-state index contributed by atoms with van der Waals surface area (Å²) in [4.78, 5) is 18.1. The molecule has 1 heterocycles. The number of anilines is 1. The summed E-state index contributed by atoms with van der Waals surface area (Å²) < 4.78 is 0. The van der Waals surface area contributed by atoms with Gasteiger partial charge in [-0.3, -0.25) is 10.2 Å². The van der Waals surface area contributed by atoms with Crippen LogP contribution in [-0.4, -0.2) is 11.9 Å². The molecule has 1 fully saturated rings. The van der Waals surface area contributed by atoms with E-state index < -0.39 is 0 Å². The Bertz CT molecular complexity index is 746. The first-order chi connectivity index (χ1) is 11.3. The van der Waals surface area contributed by atoms with Crippen LogP contribution >= 0.6 is 0 Å². The number of carbonyl (C=O) groups is 1. The summed E-state index contributed by atoms with van der Waals surface area (Å²) in [5.41, 5.74) is 6.26. The minimum absolute atomic E-state index is 0.0717. The molecule has 23 heavy (non-hydrogen) atoms. The Morgan fingerprint density at radius 3 is 2.65 bits per heavy atom. The first-order valence-corrected chi connectivity index (χ1v) is 7.70.